The van der Waals surface area contributed by atoms with Gasteiger partial charge in [-0.15, -0.1) is 20.4 Å². The predicted octanol–water partition coefficient (Wildman–Crippen LogP) is 2.36. The van der Waals surface area contributed by atoms with Crippen LogP contribution in [-0.2, 0) is 19.8 Å². The molecule has 0 spiro atoms. The molecule has 2 aromatic rings. The Morgan fingerprint density at radius 1 is 1.14 bits per heavy atom. The molecule has 0 aliphatic rings. The van der Waals surface area contributed by atoms with Crippen molar-refractivity contribution in [2.24, 2.45) is 7.05 Å². The molecule has 0 unspecified atom stereocenters. The molecule has 0 aliphatic heterocycles. The van der Waals surface area contributed by atoms with Crippen LogP contribution in [0.2, 0.25) is 0 Å². The number of nitrogens with zero attached hydrogens (tertiary/aromatic N) is 5. The first-order valence-corrected chi connectivity index (χ1v) is 6.32. The molecular formula is C12H15F3N6. The summed E-state index contributed by atoms with van der Waals surface area (Å²) in [7, 11) is 1.84. The van der Waals surface area contributed by atoms with Crippen LogP contribution in [0.25, 0.3) is 0 Å². The van der Waals surface area contributed by atoms with Crippen LogP contribution in [-0.4, -0.2) is 25.0 Å². The molecule has 2 aromatic heterocycles. The average molecular weight is 300 g/mol. The minimum absolute atomic E-state index is 0.238. The van der Waals surface area contributed by atoms with Gasteiger partial charge in [0.2, 0.25) is 0 Å². The molecule has 21 heavy (non-hydrogen) atoms. The van der Waals surface area contributed by atoms with E-state index >= 15 is 0 Å². The van der Waals surface area contributed by atoms with Crippen LogP contribution in [0.5, 0.6) is 0 Å². The van der Waals surface area contributed by atoms with Crippen molar-refractivity contribution in [2.45, 2.75) is 32.5 Å². The highest BCUT2D eigenvalue weighted by molar-refractivity contribution is 5.33. The molecule has 0 amide bonds. The molecule has 9 heteroatoms. The van der Waals surface area contributed by atoms with E-state index in [1.54, 1.807) is 0 Å². The third-order valence-corrected chi connectivity index (χ3v) is 2.90. The third-order valence-electron chi connectivity index (χ3n) is 2.90. The van der Waals surface area contributed by atoms with Gasteiger partial charge in [-0.25, -0.2) is 0 Å². The fourth-order valence-corrected chi connectivity index (χ4v) is 1.78. The van der Waals surface area contributed by atoms with Gasteiger partial charge in [0, 0.05) is 13.0 Å². The molecule has 114 valence electrons. The highest BCUT2D eigenvalue weighted by Gasteiger charge is 2.32. The third kappa shape index (κ3) is 3.47. The van der Waals surface area contributed by atoms with Gasteiger partial charge >= 0.3 is 6.18 Å². The van der Waals surface area contributed by atoms with Crippen LogP contribution >= 0.6 is 0 Å². The first-order valence-electron chi connectivity index (χ1n) is 6.32. The fourth-order valence-electron chi connectivity index (χ4n) is 1.78. The maximum absolute atomic E-state index is 12.4. The lowest BCUT2D eigenvalue weighted by Gasteiger charge is -2.08. The maximum atomic E-state index is 12.4. The smallest absolute Gasteiger partial charge is 0.361 e. The molecule has 0 fully saturated rings. The van der Waals surface area contributed by atoms with Gasteiger partial charge in [0.25, 0.3) is 0 Å². The van der Waals surface area contributed by atoms with E-state index in [0.29, 0.717) is 12.4 Å². The summed E-state index contributed by atoms with van der Waals surface area (Å²) in [5.41, 5.74) is -1.02. The topological polar surface area (TPSA) is 68.5 Å². The summed E-state index contributed by atoms with van der Waals surface area (Å²) in [6.45, 7) is 4.31. The lowest BCUT2D eigenvalue weighted by atomic mass is 10.2. The highest BCUT2D eigenvalue weighted by Crippen LogP contribution is 2.27. The zero-order valence-electron chi connectivity index (χ0n) is 11.8. The number of hydrogen-bond acceptors (Lipinski definition) is 5. The molecule has 0 bridgehead atoms. The Bertz CT molecular complexity index is 602. The van der Waals surface area contributed by atoms with Gasteiger partial charge in [0.1, 0.15) is 11.6 Å². The molecule has 2 heterocycles. The number of rotatable bonds is 4. The molecule has 6 nitrogen and oxygen atoms in total. The first kappa shape index (κ1) is 15.2. The summed E-state index contributed by atoms with van der Waals surface area (Å²) in [5, 5.41) is 17.6. The van der Waals surface area contributed by atoms with Crippen molar-refractivity contribution in [1.29, 1.82) is 0 Å². The molecule has 0 aliphatic carbocycles. The Morgan fingerprint density at radius 2 is 1.86 bits per heavy atom. The monoisotopic (exact) mass is 300 g/mol. The maximum Gasteiger partial charge on any atom is 0.435 e. The molecule has 1 N–H and O–H groups in total. The Kier molecular flexibility index (Phi) is 4.10. The van der Waals surface area contributed by atoms with Crippen LogP contribution in [0, 0.1) is 0 Å². The standard InChI is InChI=1S/C12H15F3N6/c1-7(2)11-20-19-10(21(11)3)6-16-9-5-4-8(17-18-9)12(13,14)15/h4-5,7H,6H2,1-3H3,(H,16,18). The number of nitrogens with one attached hydrogen (secondary N) is 1. The summed E-state index contributed by atoms with van der Waals surface area (Å²) < 4.78 is 38.9. The van der Waals surface area contributed by atoms with Crippen molar-refractivity contribution in [1.82, 2.24) is 25.0 Å². The van der Waals surface area contributed by atoms with E-state index in [1.807, 2.05) is 25.5 Å². The summed E-state index contributed by atoms with van der Waals surface area (Å²) in [4.78, 5) is 0. The second-order valence-corrected chi connectivity index (χ2v) is 4.84. The van der Waals surface area contributed by atoms with Crippen molar-refractivity contribution in [3.63, 3.8) is 0 Å². The molecule has 2 rings (SSSR count). The first-order chi connectivity index (χ1) is 9.79. The molecular weight excluding hydrogens is 285 g/mol. The summed E-state index contributed by atoms with van der Waals surface area (Å²) >= 11 is 0. The van der Waals surface area contributed by atoms with E-state index < -0.39 is 11.9 Å². The normalized spacial score (nSPS) is 12.0. The van der Waals surface area contributed by atoms with E-state index in [1.165, 1.54) is 6.07 Å². The average Bonchev–Trinajstić information content (AvgIpc) is 2.77. The highest BCUT2D eigenvalue weighted by atomic mass is 19.4. The van der Waals surface area contributed by atoms with Crippen LogP contribution in [0.15, 0.2) is 12.1 Å². The summed E-state index contributed by atoms with van der Waals surface area (Å²) in [6, 6.07) is 2.11. The largest absolute Gasteiger partial charge is 0.435 e. The van der Waals surface area contributed by atoms with Gasteiger partial charge in [0.15, 0.2) is 11.5 Å². The van der Waals surface area contributed by atoms with Crippen LogP contribution in [0.1, 0.15) is 37.1 Å². The van der Waals surface area contributed by atoms with E-state index in [2.05, 4.69) is 25.7 Å². The SMILES string of the molecule is CC(C)c1nnc(CNc2ccc(C(F)(F)F)nn2)n1C. The summed E-state index contributed by atoms with van der Waals surface area (Å²) in [5.74, 6) is 1.99. The number of alkyl halides is 3. The Hall–Kier alpha value is -2.19. The number of aromatic nitrogens is 5. The van der Waals surface area contributed by atoms with E-state index in [9.17, 15) is 13.2 Å². The lowest BCUT2D eigenvalue weighted by Crippen LogP contribution is -2.12. The van der Waals surface area contributed by atoms with Crippen LogP contribution in [0.3, 0.4) is 0 Å². The van der Waals surface area contributed by atoms with Crippen LogP contribution in [0.4, 0.5) is 19.0 Å². The molecule has 0 saturated heterocycles. The predicted molar refractivity (Wildman–Crippen MR) is 69.5 cm³/mol. The molecule has 0 aromatic carbocycles. The van der Waals surface area contributed by atoms with E-state index in [4.69, 9.17) is 0 Å². The van der Waals surface area contributed by atoms with Crippen molar-refractivity contribution in [3.05, 3.63) is 29.5 Å². The van der Waals surface area contributed by atoms with Gasteiger partial charge in [-0.3, -0.25) is 0 Å². The zero-order valence-corrected chi connectivity index (χ0v) is 11.8. The molecule has 0 saturated carbocycles. The lowest BCUT2D eigenvalue weighted by molar-refractivity contribution is -0.141. The second kappa shape index (κ2) is 5.66. The second-order valence-electron chi connectivity index (χ2n) is 4.84. The van der Waals surface area contributed by atoms with Crippen molar-refractivity contribution in [3.8, 4) is 0 Å². The quantitative estimate of drug-likeness (QED) is 0.938. The van der Waals surface area contributed by atoms with Gasteiger partial charge in [0.05, 0.1) is 6.54 Å². The Balaban J connectivity index is 2.03. The van der Waals surface area contributed by atoms with Crippen molar-refractivity contribution < 1.29 is 13.2 Å². The Morgan fingerprint density at radius 3 is 2.33 bits per heavy atom. The molecule has 0 radical (unpaired) electrons. The minimum atomic E-state index is -4.48. The van der Waals surface area contributed by atoms with Crippen molar-refractivity contribution >= 4 is 5.82 Å². The number of hydrogen-bond donors (Lipinski definition) is 1. The van der Waals surface area contributed by atoms with Crippen molar-refractivity contribution in [2.75, 3.05) is 5.32 Å². The molecule has 0 atom stereocenters. The van der Waals surface area contributed by atoms with E-state index in [-0.39, 0.29) is 11.7 Å². The zero-order chi connectivity index (χ0) is 15.6. The number of halogens is 3. The van der Waals surface area contributed by atoms with Gasteiger partial charge in [-0.1, -0.05) is 13.8 Å². The van der Waals surface area contributed by atoms with E-state index in [0.717, 1.165) is 11.9 Å². The van der Waals surface area contributed by atoms with Gasteiger partial charge in [-0.2, -0.15) is 13.2 Å². The Labute approximate surface area is 119 Å². The van der Waals surface area contributed by atoms with Gasteiger partial charge in [-0.05, 0) is 12.1 Å². The minimum Gasteiger partial charge on any atom is -0.361 e. The van der Waals surface area contributed by atoms with Crippen LogP contribution < -0.4 is 5.32 Å². The fraction of sp³-hybridized carbons (Fsp3) is 0.500. The van der Waals surface area contributed by atoms with Gasteiger partial charge < -0.3 is 9.88 Å². The summed E-state index contributed by atoms with van der Waals surface area (Å²) in [6.07, 6.45) is -4.48. The number of anilines is 1.